The number of nitrogens with one attached hydrogen (secondary N) is 2. The maximum Gasteiger partial charge on any atom is 0.234 e. The van der Waals surface area contributed by atoms with Gasteiger partial charge < -0.3 is 15.7 Å². The molecule has 0 aromatic heterocycles. The number of aliphatic hydroxyl groups excluding tert-OH is 1. The Kier molecular flexibility index (Phi) is 5.34. The fourth-order valence-corrected chi connectivity index (χ4v) is 2.54. The van der Waals surface area contributed by atoms with E-state index in [2.05, 4.69) is 10.6 Å². The number of benzene rings is 1. The first-order chi connectivity index (χ1) is 9.58. The summed E-state index contributed by atoms with van der Waals surface area (Å²) in [5, 5.41) is 15.3. The molecule has 4 nitrogen and oxygen atoms in total. The number of carbonyl (C=O) groups excluding carboxylic acids is 1. The van der Waals surface area contributed by atoms with Gasteiger partial charge in [0.05, 0.1) is 17.7 Å². The number of amides is 1. The van der Waals surface area contributed by atoms with Crippen LogP contribution in [-0.4, -0.2) is 29.7 Å². The van der Waals surface area contributed by atoms with Crippen molar-refractivity contribution in [3.05, 3.63) is 34.6 Å². The minimum atomic E-state index is -0.506. The van der Waals surface area contributed by atoms with Crippen molar-refractivity contribution >= 4 is 17.5 Å². The molecule has 0 bridgehead atoms. The average molecular weight is 301 g/mol. The van der Waals surface area contributed by atoms with Crippen molar-refractivity contribution in [2.24, 2.45) is 0 Å². The summed E-state index contributed by atoms with van der Waals surface area (Å²) < 4.78 is 13.6. The first-order valence-electron chi connectivity index (χ1n) is 6.69. The molecule has 1 aliphatic rings. The third-order valence-electron chi connectivity index (χ3n) is 3.51. The Balaban J connectivity index is 1.76. The zero-order chi connectivity index (χ0) is 14.5. The molecular weight excluding hydrogens is 283 g/mol. The van der Waals surface area contributed by atoms with Gasteiger partial charge in [-0.1, -0.05) is 23.7 Å². The van der Waals surface area contributed by atoms with Crippen LogP contribution < -0.4 is 10.6 Å². The second-order valence-corrected chi connectivity index (χ2v) is 5.38. The van der Waals surface area contributed by atoms with Crippen LogP contribution in [0.1, 0.15) is 24.8 Å². The second kappa shape index (κ2) is 7.02. The van der Waals surface area contributed by atoms with Gasteiger partial charge in [-0.15, -0.1) is 0 Å². The summed E-state index contributed by atoms with van der Waals surface area (Å²) in [6.45, 7) is 0.212. The molecule has 0 radical (unpaired) electrons. The van der Waals surface area contributed by atoms with E-state index < -0.39 is 5.82 Å². The Morgan fingerprint density at radius 1 is 1.45 bits per heavy atom. The highest BCUT2D eigenvalue weighted by Crippen LogP contribution is 2.19. The highest BCUT2D eigenvalue weighted by atomic mass is 35.5. The Labute approximate surface area is 122 Å². The molecule has 110 valence electrons. The van der Waals surface area contributed by atoms with E-state index >= 15 is 0 Å². The van der Waals surface area contributed by atoms with Crippen molar-refractivity contribution in [3.63, 3.8) is 0 Å². The van der Waals surface area contributed by atoms with E-state index in [1.807, 2.05) is 0 Å². The largest absolute Gasteiger partial charge is 0.392 e. The normalized spacial score (nSPS) is 21.9. The minimum absolute atomic E-state index is 0.0244. The van der Waals surface area contributed by atoms with Crippen LogP contribution in [0, 0.1) is 5.82 Å². The van der Waals surface area contributed by atoms with Crippen molar-refractivity contribution in [1.82, 2.24) is 10.6 Å². The lowest BCUT2D eigenvalue weighted by Gasteiger charge is -2.16. The molecule has 3 N–H and O–H groups in total. The quantitative estimate of drug-likeness (QED) is 0.774. The molecule has 1 fully saturated rings. The fraction of sp³-hybridized carbons (Fsp3) is 0.500. The minimum Gasteiger partial charge on any atom is -0.392 e. The molecule has 1 aromatic rings. The molecular formula is C14H18ClFN2O2. The maximum absolute atomic E-state index is 13.6. The summed E-state index contributed by atoms with van der Waals surface area (Å²) >= 11 is 5.66. The van der Waals surface area contributed by atoms with Crippen molar-refractivity contribution in [3.8, 4) is 0 Å². The van der Waals surface area contributed by atoms with Crippen LogP contribution in [0.5, 0.6) is 0 Å². The van der Waals surface area contributed by atoms with E-state index in [0.717, 1.165) is 19.3 Å². The van der Waals surface area contributed by atoms with E-state index in [1.54, 1.807) is 12.1 Å². The molecule has 2 unspecified atom stereocenters. The third-order valence-corrected chi connectivity index (χ3v) is 3.80. The number of hydrogen-bond donors (Lipinski definition) is 3. The molecule has 2 rings (SSSR count). The van der Waals surface area contributed by atoms with Crippen LogP contribution in [0.3, 0.4) is 0 Å². The lowest BCUT2D eigenvalue weighted by Crippen LogP contribution is -2.42. The first-order valence-corrected chi connectivity index (χ1v) is 7.06. The molecule has 20 heavy (non-hydrogen) atoms. The summed E-state index contributed by atoms with van der Waals surface area (Å²) in [5.74, 6) is -0.739. The molecule has 1 aliphatic carbocycles. The summed E-state index contributed by atoms with van der Waals surface area (Å²) in [6.07, 6.45) is 2.23. The van der Waals surface area contributed by atoms with E-state index in [-0.39, 0.29) is 36.2 Å². The first kappa shape index (κ1) is 15.2. The van der Waals surface area contributed by atoms with Gasteiger partial charge in [0, 0.05) is 18.2 Å². The topological polar surface area (TPSA) is 61.4 Å². The van der Waals surface area contributed by atoms with E-state index in [1.165, 1.54) is 6.07 Å². The van der Waals surface area contributed by atoms with E-state index in [0.29, 0.717) is 5.56 Å². The van der Waals surface area contributed by atoms with Gasteiger partial charge in [0.15, 0.2) is 0 Å². The smallest absolute Gasteiger partial charge is 0.234 e. The second-order valence-electron chi connectivity index (χ2n) is 4.98. The molecule has 1 amide bonds. The summed E-state index contributed by atoms with van der Waals surface area (Å²) in [5.41, 5.74) is 0.353. The predicted octanol–water partition coefficient (Wildman–Crippen LogP) is 1.60. The maximum atomic E-state index is 13.6. The number of rotatable bonds is 5. The molecule has 1 saturated carbocycles. The van der Waals surface area contributed by atoms with Crippen LogP contribution in [0.25, 0.3) is 0 Å². The van der Waals surface area contributed by atoms with Gasteiger partial charge >= 0.3 is 0 Å². The molecule has 0 saturated heterocycles. The fourth-order valence-electron chi connectivity index (χ4n) is 2.34. The molecule has 0 aliphatic heterocycles. The van der Waals surface area contributed by atoms with E-state index in [9.17, 15) is 14.3 Å². The van der Waals surface area contributed by atoms with Gasteiger partial charge in [0.1, 0.15) is 5.82 Å². The number of halogens is 2. The highest BCUT2D eigenvalue weighted by molar-refractivity contribution is 6.30. The van der Waals surface area contributed by atoms with Gasteiger partial charge in [0.2, 0.25) is 5.91 Å². The van der Waals surface area contributed by atoms with Crippen LogP contribution >= 0.6 is 11.6 Å². The summed E-state index contributed by atoms with van der Waals surface area (Å²) in [4.78, 5) is 11.7. The van der Waals surface area contributed by atoms with Crippen molar-refractivity contribution in [2.45, 2.75) is 38.0 Å². The molecule has 2 atom stereocenters. The highest BCUT2D eigenvalue weighted by Gasteiger charge is 2.24. The molecule has 1 aromatic carbocycles. The predicted molar refractivity (Wildman–Crippen MR) is 74.9 cm³/mol. The van der Waals surface area contributed by atoms with E-state index in [4.69, 9.17) is 11.6 Å². The number of hydrogen-bond acceptors (Lipinski definition) is 3. The van der Waals surface area contributed by atoms with Crippen LogP contribution in [0.4, 0.5) is 4.39 Å². The standard InChI is InChI=1S/C14H18ClFN2O2/c15-10-4-1-3-9(14(10)16)7-18-13(20)8-17-11-5-2-6-12(11)19/h1,3-4,11-12,17,19H,2,5-8H2,(H,18,20). The third kappa shape index (κ3) is 3.91. The van der Waals surface area contributed by atoms with Gasteiger partial charge in [-0.3, -0.25) is 4.79 Å². The Hall–Kier alpha value is -1.17. The lowest BCUT2D eigenvalue weighted by molar-refractivity contribution is -0.120. The lowest BCUT2D eigenvalue weighted by atomic mass is 10.2. The number of carbonyl (C=O) groups is 1. The zero-order valence-electron chi connectivity index (χ0n) is 11.0. The monoisotopic (exact) mass is 300 g/mol. The Morgan fingerprint density at radius 3 is 2.95 bits per heavy atom. The van der Waals surface area contributed by atoms with Crippen LogP contribution in [0.15, 0.2) is 18.2 Å². The molecule has 6 heteroatoms. The Bertz CT molecular complexity index is 484. The molecule has 0 heterocycles. The van der Waals surface area contributed by atoms with Gasteiger partial charge in [-0.2, -0.15) is 0 Å². The van der Waals surface area contributed by atoms with Gasteiger partial charge in [0.25, 0.3) is 0 Å². The summed E-state index contributed by atoms with van der Waals surface area (Å²) in [7, 11) is 0. The van der Waals surface area contributed by atoms with Gasteiger partial charge in [-0.25, -0.2) is 4.39 Å². The SMILES string of the molecule is O=C(CNC1CCCC1O)NCc1cccc(Cl)c1F. The van der Waals surface area contributed by atoms with Crippen molar-refractivity contribution in [1.29, 1.82) is 0 Å². The Morgan fingerprint density at radius 2 is 2.25 bits per heavy atom. The zero-order valence-corrected chi connectivity index (χ0v) is 11.8. The van der Waals surface area contributed by atoms with Gasteiger partial charge in [-0.05, 0) is 25.3 Å². The van der Waals surface area contributed by atoms with Crippen molar-refractivity contribution < 1.29 is 14.3 Å². The van der Waals surface area contributed by atoms with Crippen LogP contribution in [-0.2, 0) is 11.3 Å². The summed E-state index contributed by atoms with van der Waals surface area (Å²) in [6, 6.07) is 4.66. The molecule has 0 spiro atoms. The number of aliphatic hydroxyl groups is 1. The van der Waals surface area contributed by atoms with Crippen LogP contribution in [0.2, 0.25) is 5.02 Å². The van der Waals surface area contributed by atoms with Crippen molar-refractivity contribution in [2.75, 3.05) is 6.54 Å². The average Bonchev–Trinajstić information content (AvgIpc) is 2.83.